The van der Waals surface area contributed by atoms with Gasteiger partial charge in [-0.2, -0.15) is 0 Å². The molecule has 0 fully saturated rings. The maximum absolute atomic E-state index is 6.58. The number of aromatic nitrogens is 4. The molecule has 0 aliphatic carbocycles. The normalized spacial score (nSPS) is 11.8. The van der Waals surface area contributed by atoms with Crippen LogP contribution in [0.2, 0.25) is 0 Å². The number of hydrogen-bond donors (Lipinski definition) is 0. The summed E-state index contributed by atoms with van der Waals surface area (Å²) < 4.78 is 15.4. The Kier molecular flexibility index (Phi) is 7.80. The summed E-state index contributed by atoms with van der Waals surface area (Å²) >= 11 is 0. The van der Waals surface area contributed by atoms with Crippen molar-refractivity contribution in [1.82, 2.24) is 19.5 Å². The minimum absolute atomic E-state index is 0.569. The van der Waals surface area contributed by atoms with Crippen LogP contribution in [0.25, 0.3) is 128 Å². The van der Waals surface area contributed by atoms with E-state index in [4.69, 9.17) is 23.8 Å². The van der Waals surface area contributed by atoms with Gasteiger partial charge < -0.3 is 13.4 Å². The van der Waals surface area contributed by atoms with Crippen LogP contribution in [0.15, 0.2) is 215 Å². The van der Waals surface area contributed by atoms with Crippen LogP contribution >= 0.6 is 0 Å². The molecule has 0 radical (unpaired) electrons. The first-order valence-electron chi connectivity index (χ1n) is 21.1. The molecule has 0 saturated heterocycles. The molecular weight excluding hydrogens is 773 g/mol. The highest BCUT2D eigenvalue weighted by molar-refractivity contribution is 6.16. The quantitative estimate of drug-likeness (QED) is 0.167. The summed E-state index contributed by atoms with van der Waals surface area (Å²) in [5, 5.41) is 6.57. The zero-order valence-corrected chi connectivity index (χ0v) is 33.7. The number of fused-ring (bicyclic) bond motifs is 9. The van der Waals surface area contributed by atoms with Gasteiger partial charge in [0.15, 0.2) is 17.5 Å². The van der Waals surface area contributed by atoms with E-state index in [1.807, 2.05) is 60.7 Å². The van der Waals surface area contributed by atoms with Crippen molar-refractivity contribution in [3.05, 3.63) is 206 Å². The van der Waals surface area contributed by atoms with Crippen molar-refractivity contribution < 1.29 is 8.83 Å². The summed E-state index contributed by atoms with van der Waals surface area (Å²) in [6.07, 6.45) is 0. The van der Waals surface area contributed by atoms with Crippen molar-refractivity contribution in [2.45, 2.75) is 0 Å². The highest BCUT2D eigenvalue weighted by Crippen LogP contribution is 2.42. The van der Waals surface area contributed by atoms with Gasteiger partial charge >= 0.3 is 0 Å². The maximum atomic E-state index is 6.58. The van der Waals surface area contributed by atoms with Gasteiger partial charge in [0.25, 0.3) is 0 Å². The molecule has 13 rings (SSSR count). The fourth-order valence-corrected chi connectivity index (χ4v) is 9.39. The second-order valence-corrected chi connectivity index (χ2v) is 15.9. The third-order valence-electron chi connectivity index (χ3n) is 12.3. The van der Waals surface area contributed by atoms with Gasteiger partial charge in [-0.1, -0.05) is 164 Å². The third kappa shape index (κ3) is 5.62. The summed E-state index contributed by atoms with van der Waals surface area (Å²) in [5.41, 5.74) is 13.7. The lowest BCUT2D eigenvalue weighted by Gasteiger charge is -2.12. The Morgan fingerprint density at radius 2 is 0.905 bits per heavy atom. The molecule has 63 heavy (non-hydrogen) atoms. The van der Waals surface area contributed by atoms with Crippen LogP contribution in [0.5, 0.6) is 0 Å². The van der Waals surface area contributed by atoms with Crippen LogP contribution in [0.1, 0.15) is 0 Å². The molecule has 0 aliphatic rings. The van der Waals surface area contributed by atoms with E-state index in [-0.39, 0.29) is 0 Å². The lowest BCUT2D eigenvalue weighted by atomic mass is 9.98. The Morgan fingerprint density at radius 3 is 1.73 bits per heavy atom. The molecule has 6 nitrogen and oxygen atoms in total. The van der Waals surface area contributed by atoms with E-state index in [0.29, 0.717) is 17.5 Å². The Bertz CT molecular complexity index is 3900. The van der Waals surface area contributed by atoms with Crippen LogP contribution in [0.4, 0.5) is 0 Å². The number of benzene rings is 9. The zero-order valence-electron chi connectivity index (χ0n) is 33.7. The standard InChI is InChI=1S/C57H34N4O2/c1-3-14-36(15-4-1)55-58-56(37-30-28-35(29-31-37)41-21-12-23-45-43-19-8-10-26-49(43)63-54(41)45)60-57(59-55)46-24-13-27-51-52(46)47-34-38(32-33-50(47)62-51)40-20-11-22-44-42-18-7-9-25-48(42)61(53(40)44)39-16-5-2-6-17-39/h1-34H. The fourth-order valence-electron chi connectivity index (χ4n) is 9.39. The van der Waals surface area contributed by atoms with Gasteiger partial charge in [0.05, 0.1) is 11.0 Å². The van der Waals surface area contributed by atoms with E-state index in [0.717, 1.165) is 94.0 Å². The van der Waals surface area contributed by atoms with Gasteiger partial charge in [-0.3, -0.25) is 0 Å². The predicted octanol–water partition coefficient (Wildman–Crippen LogP) is 15.1. The third-order valence-corrected chi connectivity index (χ3v) is 12.3. The van der Waals surface area contributed by atoms with Gasteiger partial charge in [0, 0.05) is 65.8 Å². The lowest BCUT2D eigenvalue weighted by Crippen LogP contribution is -2.00. The summed E-state index contributed by atoms with van der Waals surface area (Å²) in [7, 11) is 0. The van der Waals surface area contributed by atoms with Gasteiger partial charge in [-0.05, 0) is 53.6 Å². The predicted molar refractivity (Wildman–Crippen MR) is 256 cm³/mol. The van der Waals surface area contributed by atoms with Gasteiger partial charge in [0.1, 0.15) is 22.3 Å². The first-order valence-corrected chi connectivity index (χ1v) is 21.1. The SMILES string of the molecule is c1ccc(-c2nc(-c3ccc(-c4cccc5c4oc4ccccc45)cc3)nc(-c3cccc4oc5ccc(-c6cccc7c8ccccc8n(-c8ccccc8)c67)cc5c34)n2)cc1. The minimum Gasteiger partial charge on any atom is -0.456 e. The van der Waals surface area contributed by atoms with Crippen LogP contribution in [-0.4, -0.2) is 19.5 Å². The summed E-state index contributed by atoms with van der Waals surface area (Å²) in [6.45, 7) is 0. The minimum atomic E-state index is 0.569. The molecule has 4 aromatic heterocycles. The van der Waals surface area contributed by atoms with Crippen LogP contribution < -0.4 is 0 Å². The maximum Gasteiger partial charge on any atom is 0.164 e. The van der Waals surface area contributed by atoms with Crippen LogP contribution in [0.3, 0.4) is 0 Å². The molecule has 0 unspecified atom stereocenters. The molecule has 0 amide bonds. The summed E-state index contributed by atoms with van der Waals surface area (Å²) in [4.78, 5) is 15.5. The first kappa shape index (κ1) is 35.2. The van der Waals surface area contributed by atoms with Crippen LogP contribution in [0, 0.1) is 0 Å². The second-order valence-electron chi connectivity index (χ2n) is 15.9. The molecule has 0 aliphatic heterocycles. The zero-order chi connectivity index (χ0) is 41.4. The smallest absolute Gasteiger partial charge is 0.164 e. The second kappa shape index (κ2) is 14.0. The average molecular weight is 807 g/mol. The number of furan rings is 2. The molecule has 4 heterocycles. The molecule has 0 atom stereocenters. The number of para-hydroxylation sites is 5. The molecule has 0 bridgehead atoms. The van der Waals surface area contributed by atoms with E-state index in [2.05, 4.69) is 150 Å². The monoisotopic (exact) mass is 806 g/mol. The Morgan fingerprint density at radius 1 is 0.333 bits per heavy atom. The molecule has 6 heteroatoms. The molecule has 294 valence electrons. The molecule has 0 N–H and O–H groups in total. The lowest BCUT2D eigenvalue weighted by molar-refractivity contribution is 0.669. The average Bonchev–Trinajstić information content (AvgIpc) is 4.04. The van der Waals surface area contributed by atoms with Gasteiger partial charge in [-0.25, -0.2) is 15.0 Å². The number of hydrogen-bond acceptors (Lipinski definition) is 5. The molecule has 9 aromatic carbocycles. The number of rotatable bonds is 6. The van der Waals surface area contributed by atoms with Crippen molar-refractivity contribution in [3.8, 4) is 62.1 Å². The Balaban J connectivity index is 0.975. The van der Waals surface area contributed by atoms with Crippen molar-refractivity contribution >= 4 is 65.7 Å². The van der Waals surface area contributed by atoms with E-state index >= 15 is 0 Å². The van der Waals surface area contributed by atoms with E-state index in [1.54, 1.807) is 0 Å². The largest absolute Gasteiger partial charge is 0.456 e. The molecule has 0 saturated carbocycles. The molecule has 13 aromatic rings. The molecule has 0 spiro atoms. The highest BCUT2D eigenvalue weighted by atomic mass is 16.3. The van der Waals surface area contributed by atoms with Crippen LogP contribution in [-0.2, 0) is 0 Å². The van der Waals surface area contributed by atoms with Crippen molar-refractivity contribution in [2.24, 2.45) is 0 Å². The first-order chi connectivity index (χ1) is 31.2. The van der Waals surface area contributed by atoms with E-state index < -0.39 is 0 Å². The van der Waals surface area contributed by atoms with Gasteiger partial charge in [-0.15, -0.1) is 0 Å². The highest BCUT2D eigenvalue weighted by Gasteiger charge is 2.21. The van der Waals surface area contributed by atoms with Crippen molar-refractivity contribution in [2.75, 3.05) is 0 Å². The fraction of sp³-hybridized carbons (Fsp3) is 0. The van der Waals surface area contributed by atoms with E-state index in [9.17, 15) is 0 Å². The van der Waals surface area contributed by atoms with Crippen molar-refractivity contribution in [3.63, 3.8) is 0 Å². The topological polar surface area (TPSA) is 69.9 Å². The van der Waals surface area contributed by atoms with Crippen molar-refractivity contribution in [1.29, 1.82) is 0 Å². The van der Waals surface area contributed by atoms with E-state index in [1.165, 1.54) is 16.3 Å². The Labute approximate surface area is 361 Å². The number of nitrogens with zero attached hydrogens (tertiary/aromatic N) is 4. The Hall–Kier alpha value is -8.61. The summed E-state index contributed by atoms with van der Waals surface area (Å²) in [5.74, 6) is 1.75. The summed E-state index contributed by atoms with van der Waals surface area (Å²) in [6, 6.07) is 71.5. The van der Waals surface area contributed by atoms with Gasteiger partial charge in [0.2, 0.25) is 0 Å². The molecular formula is C57H34N4O2.